The van der Waals surface area contributed by atoms with Crippen LogP contribution in [-0.4, -0.2) is 6.54 Å². The highest BCUT2D eigenvalue weighted by atomic mass is 14.9. The normalized spacial score (nSPS) is 14.1. The van der Waals surface area contributed by atoms with Crippen LogP contribution >= 0.6 is 0 Å². The molecule has 1 heteroatoms. The van der Waals surface area contributed by atoms with Crippen molar-refractivity contribution in [2.24, 2.45) is 17.3 Å². The van der Waals surface area contributed by atoms with Gasteiger partial charge in [-0.1, -0.05) is 48.1 Å². The Hall–Kier alpha value is -0.460. The summed E-state index contributed by atoms with van der Waals surface area (Å²) in [6.45, 7) is 18.7. The summed E-state index contributed by atoms with van der Waals surface area (Å²) in [6.07, 6.45) is 2.53. The summed E-state index contributed by atoms with van der Waals surface area (Å²) in [5.74, 6) is 1.33. The van der Waals surface area contributed by atoms with E-state index in [9.17, 15) is 0 Å². The zero-order chi connectivity index (χ0) is 12.1. The van der Waals surface area contributed by atoms with Gasteiger partial charge in [0.25, 0.3) is 0 Å². The molecule has 0 saturated carbocycles. The molecule has 0 bridgehead atoms. The van der Waals surface area contributed by atoms with E-state index >= 15 is 0 Å². The average molecular weight is 211 g/mol. The van der Waals surface area contributed by atoms with Crippen LogP contribution in [0.2, 0.25) is 0 Å². The van der Waals surface area contributed by atoms with Crippen LogP contribution in [0.15, 0.2) is 12.3 Å². The van der Waals surface area contributed by atoms with Crippen molar-refractivity contribution in [1.82, 2.24) is 5.32 Å². The minimum atomic E-state index is 0.440. The third-order valence-corrected chi connectivity index (χ3v) is 3.34. The lowest BCUT2D eigenvalue weighted by Gasteiger charge is -2.27. The summed E-state index contributed by atoms with van der Waals surface area (Å²) in [4.78, 5) is 0. The van der Waals surface area contributed by atoms with Crippen LogP contribution in [0, 0.1) is 17.3 Å². The van der Waals surface area contributed by atoms with Crippen LogP contribution in [0.3, 0.4) is 0 Å². The Kier molecular flexibility index (Phi) is 6.00. The first-order chi connectivity index (χ1) is 6.75. The van der Waals surface area contributed by atoms with E-state index in [-0.39, 0.29) is 0 Å². The molecule has 1 nitrogen and oxygen atoms in total. The van der Waals surface area contributed by atoms with Crippen molar-refractivity contribution in [1.29, 1.82) is 0 Å². The lowest BCUT2D eigenvalue weighted by atomic mass is 9.79. The van der Waals surface area contributed by atoms with E-state index in [1.807, 2.05) is 0 Å². The molecule has 0 aromatic heterocycles. The molecule has 0 saturated heterocycles. The van der Waals surface area contributed by atoms with Gasteiger partial charge in [-0.05, 0) is 30.1 Å². The largest absolute Gasteiger partial charge is 0.389 e. The molecule has 0 heterocycles. The molecule has 15 heavy (non-hydrogen) atoms. The topological polar surface area (TPSA) is 12.0 Å². The Bertz CT molecular complexity index is 186. The number of rotatable bonds is 6. The molecule has 0 aromatic carbocycles. The molecule has 1 unspecified atom stereocenters. The number of hydrogen-bond acceptors (Lipinski definition) is 1. The second kappa shape index (κ2) is 6.19. The van der Waals surface area contributed by atoms with E-state index in [1.54, 1.807) is 0 Å². The highest BCUT2D eigenvalue weighted by Crippen LogP contribution is 2.28. The Morgan fingerprint density at radius 3 is 2.13 bits per heavy atom. The van der Waals surface area contributed by atoms with Crippen molar-refractivity contribution in [3.63, 3.8) is 0 Å². The minimum absolute atomic E-state index is 0.440. The molecule has 0 fully saturated rings. The standard InChI is InChI=1S/C14H29N/c1-11(2)13(4)15-10-8-9-12(3)14(5,6)7/h11-12,15H,4,8-10H2,1-3,5-7H3. The predicted octanol–water partition coefficient (Wildman–Crippen LogP) is 4.21. The lowest BCUT2D eigenvalue weighted by molar-refractivity contribution is 0.242. The van der Waals surface area contributed by atoms with Gasteiger partial charge < -0.3 is 5.32 Å². The highest BCUT2D eigenvalue weighted by molar-refractivity contribution is 4.93. The van der Waals surface area contributed by atoms with Crippen LogP contribution in [0.1, 0.15) is 54.4 Å². The second-order valence-electron chi connectivity index (χ2n) is 6.02. The Balaban J connectivity index is 3.60. The molecule has 90 valence electrons. The fourth-order valence-corrected chi connectivity index (χ4v) is 1.29. The van der Waals surface area contributed by atoms with E-state index in [4.69, 9.17) is 0 Å². The first-order valence-electron chi connectivity index (χ1n) is 6.17. The predicted molar refractivity (Wildman–Crippen MR) is 69.8 cm³/mol. The molecule has 0 amide bonds. The molecule has 0 radical (unpaired) electrons. The van der Waals surface area contributed by atoms with Crippen LogP contribution in [0.25, 0.3) is 0 Å². The van der Waals surface area contributed by atoms with Crippen LogP contribution < -0.4 is 5.32 Å². The molecular formula is C14H29N. The second-order valence-corrected chi connectivity index (χ2v) is 6.02. The summed E-state index contributed by atoms with van der Waals surface area (Å²) in [5, 5.41) is 3.39. The SMILES string of the molecule is C=C(NCCCC(C)C(C)(C)C)C(C)C. The maximum absolute atomic E-state index is 4.01. The van der Waals surface area contributed by atoms with E-state index < -0.39 is 0 Å². The highest BCUT2D eigenvalue weighted by Gasteiger charge is 2.18. The van der Waals surface area contributed by atoms with Crippen molar-refractivity contribution in [3.8, 4) is 0 Å². The monoisotopic (exact) mass is 211 g/mol. The first kappa shape index (κ1) is 14.5. The Labute approximate surface area is 96.3 Å². The van der Waals surface area contributed by atoms with Gasteiger partial charge in [0, 0.05) is 12.2 Å². The third-order valence-electron chi connectivity index (χ3n) is 3.34. The van der Waals surface area contributed by atoms with Crippen molar-refractivity contribution in [2.75, 3.05) is 6.54 Å². The van der Waals surface area contributed by atoms with E-state index in [0.717, 1.165) is 12.5 Å². The molecule has 0 aromatic rings. The molecule has 0 rings (SSSR count). The summed E-state index contributed by atoms with van der Waals surface area (Å²) in [5.41, 5.74) is 1.60. The van der Waals surface area contributed by atoms with Gasteiger partial charge in [-0.3, -0.25) is 0 Å². The van der Waals surface area contributed by atoms with Crippen molar-refractivity contribution in [2.45, 2.75) is 54.4 Å². The number of hydrogen-bond donors (Lipinski definition) is 1. The number of nitrogens with one attached hydrogen (secondary N) is 1. The van der Waals surface area contributed by atoms with E-state index in [0.29, 0.717) is 11.3 Å². The zero-order valence-corrected chi connectivity index (χ0v) is 11.5. The quantitative estimate of drug-likeness (QED) is 0.649. The van der Waals surface area contributed by atoms with Gasteiger partial charge >= 0.3 is 0 Å². The maximum Gasteiger partial charge on any atom is 0.0143 e. The van der Waals surface area contributed by atoms with Crippen LogP contribution in [0.5, 0.6) is 0 Å². The summed E-state index contributed by atoms with van der Waals surface area (Å²) < 4.78 is 0. The zero-order valence-electron chi connectivity index (χ0n) is 11.5. The van der Waals surface area contributed by atoms with Crippen LogP contribution in [-0.2, 0) is 0 Å². The molecule has 1 N–H and O–H groups in total. The Morgan fingerprint density at radius 1 is 1.20 bits per heavy atom. The van der Waals surface area contributed by atoms with E-state index in [1.165, 1.54) is 18.5 Å². The van der Waals surface area contributed by atoms with Gasteiger partial charge in [0.05, 0.1) is 0 Å². The van der Waals surface area contributed by atoms with Crippen molar-refractivity contribution >= 4 is 0 Å². The van der Waals surface area contributed by atoms with Crippen LogP contribution in [0.4, 0.5) is 0 Å². The summed E-state index contributed by atoms with van der Waals surface area (Å²) in [7, 11) is 0. The molecule has 0 spiro atoms. The fraction of sp³-hybridized carbons (Fsp3) is 0.857. The maximum atomic E-state index is 4.01. The molecule has 1 atom stereocenters. The smallest absolute Gasteiger partial charge is 0.0143 e. The minimum Gasteiger partial charge on any atom is -0.389 e. The van der Waals surface area contributed by atoms with Gasteiger partial charge in [0.2, 0.25) is 0 Å². The van der Waals surface area contributed by atoms with Crippen molar-refractivity contribution in [3.05, 3.63) is 12.3 Å². The van der Waals surface area contributed by atoms with E-state index in [2.05, 4.69) is 53.4 Å². The Morgan fingerprint density at radius 2 is 1.73 bits per heavy atom. The van der Waals surface area contributed by atoms with Gasteiger partial charge in [0.1, 0.15) is 0 Å². The molecule has 0 aliphatic carbocycles. The fourth-order valence-electron chi connectivity index (χ4n) is 1.29. The van der Waals surface area contributed by atoms with Gasteiger partial charge in [-0.15, -0.1) is 0 Å². The third kappa shape index (κ3) is 6.59. The molecule has 0 aliphatic rings. The lowest BCUT2D eigenvalue weighted by Crippen LogP contribution is -2.21. The average Bonchev–Trinajstić information content (AvgIpc) is 2.09. The summed E-state index contributed by atoms with van der Waals surface area (Å²) in [6, 6.07) is 0. The van der Waals surface area contributed by atoms with Gasteiger partial charge in [-0.25, -0.2) is 0 Å². The molecular weight excluding hydrogens is 182 g/mol. The van der Waals surface area contributed by atoms with Gasteiger partial charge in [0.15, 0.2) is 0 Å². The first-order valence-corrected chi connectivity index (χ1v) is 6.17. The number of allylic oxidation sites excluding steroid dienone is 1. The molecule has 0 aliphatic heterocycles. The van der Waals surface area contributed by atoms with Gasteiger partial charge in [-0.2, -0.15) is 0 Å². The summed E-state index contributed by atoms with van der Waals surface area (Å²) >= 11 is 0. The van der Waals surface area contributed by atoms with Crippen molar-refractivity contribution < 1.29 is 0 Å².